The maximum atomic E-state index is 6.23. The van der Waals surface area contributed by atoms with Crippen LogP contribution in [0.5, 0.6) is 5.75 Å². The van der Waals surface area contributed by atoms with Gasteiger partial charge in [0.15, 0.2) is 0 Å². The molecule has 3 heteroatoms. The number of rotatable bonds is 4. The lowest BCUT2D eigenvalue weighted by Crippen LogP contribution is -2.30. The third kappa shape index (κ3) is 2.57. The van der Waals surface area contributed by atoms with Crippen molar-refractivity contribution in [3.8, 4) is 5.75 Å². The van der Waals surface area contributed by atoms with Crippen molar-refractivity contribution >= 4 is 0 Å². The van der Waals surface area contributed by atoms with Crippen molar-refractivity contribution in [1.29, 1.82) is 0 Å². The molecule has 1 saturated heterocycles. The zero-order chi connectivity index (χ0) is 14.1. The van der Waals surface area contributed by atoms with Crippen LogP contribution < -0.4 is 10.5 Å². The minimum absolute atomic E-state index is 0.437. The number of hydrogen-bond donors (Lipinski definition) is 1. The molecule has 0 spiro atoms. The van der Waals surface area contributed by atoms with Crippen LogP contribution in [0.15, 0.2) is 18.2 Å². The van der Waals surface area contributed by atoms with Gasteiger partial charge in [0, 0.05) is 25.7 Å². The molecule has 1 aliphatic heterocycles. The van der Waals surface area contributed by atoms with Crippen LogP contribution in [-0.4, -0.2) is 31.1 Å². The zero-order valence-corrected chi connectivity index (χ0v) is 12.6. The number of fused-ring (bicyclic) bond motifs is 1. The highest BCUT2D eigenvalue weighted by molar-refractivity contribution is 5.35. The summed E-state index contributed by atoms with van der Waals surface area (Å²) in [5.41, 5.74) is 9.08. The van der Waals surface area contributed by atoms with Crippen molar-refractivity contribution in [3.05, 3.63) is 29.3 Å². The van der Waals surface area contributed by atoms with Gasteiger partial charge in [0.1, 0.15) is 5.75 Å². The quantitative estimate of drug-likeness (QED) is 0.916. The van der Waals surface area contributed by atoms with Gasteiger partial charge in [-0.2, -0.15) is 0 Å². The first-order chi connectivity index (χ1) is 9.71. The average Bonchev–Trinajstić information content (AvgIpc) is 3.01. The average molecular weight is 274 g/mol. The van der Waals surface area contributed by atoms with E-state index in [4.69, 9.17) is 10.5 Å². The summed E-state index contributed by atoms with van der Waals surface area (Å²) in [5, 5.41) is 0. The summed E-state index contributed by atoms with van der Waals surface area (Å²) >= 11 is 0. The van der Waals surface area contributed by atoms with Crippen molar-refractivity contribution in [2.45, 2.75) is 38.8 Å². The SMILES string of the molecule is CCc1cc(OC)ccc1CN1CC2CCC(N)C2C1. The molecule has 1 aliphatic carbocycles. The second-order valence-electron chi connectivity index (χ2n) is 6.35. The Morgan fingerprint density at radius 2 is 2.10 bits per heavy atom. The number of likely N-dealkylation sites (tertiary alicyclic amines) is 1. The number of methoxy groups -OCH3 is 1. The summed E-state index contributed by atoms with van der Waals surface area (Å²) in [5.74, 6) is 2.54. The Bertz CT molecular complexity index is 474. The molecule has 1 aromatic carbocycles. The summed E-state index contributed by atoms with van der Waals surface area (Å²) in [6, 6.07) is 6.92. The molecule has 3 rings (SSSR count). The highest BCUT2D eigenvalue weighted by atomic mass is 16.5. The van der Waals surface area contributed by atoms with Gasteiger partial charge in [0.05, 0.1) is 7.11 Å². The number of aryl methyl sites for hydroxylation is 1. The van der Waals surface area contributed by atoms with Gasteiger partial charge in [-0.05, 0) is 54.4 Å². The second kappa shape index (κ2) is 5.74. The van der Waals surface area contributed by atoms with Crippen LogP contribution in [0.3, 0.4) is 0 Å². The van der Waals surface area contributed by atoms with Gasteiger partial charge in [-0.3, -0.25) is 4.90 Å². The van der Waals surface area contributed by atoms with Gasteiger partial charge in [-0.25, -0.2) is 0 Å². The third-order valence-corrected chi connectivity index (χ3v) is 5.18. The summed E-state index contributed by atoms with van der Waals surface area (Å²) < 4.78 is 5.33. The predicted molar refractivity (Wildman–Crippen MR) is 81.8 cm³/mol. The smallest absolute Gasteiger partial charge is 0.119 e. The minimum Gasteiger partial charge on any atom is -0.497 e. The molecule has 2 N–H and O–H groups in total. The number of nitrogens with two attached hydrogens (primary N) is 1. The monoisotopic (exact) mass is 274 g/mol. The van der Waals surface area contributed by atoms with E-state index in [-0.39, 0.29) is 0 Å². The molecule has 0 amide bonds. The first-order valence-electron chi connectivity index (χ1n) is 7.85. The van der Waals surface area contributed by atoms with Crippen molar-refractivity contribution in [2.24, 2.45) is 17.6 Å². The molecule has 1 heterocycles. The van der Waals surface area contributed by atoms with Crippen LogP contribution in [0, 0.1) is 11.8 Å². The Hall–Kier alpha value is -1.06. The highest BCUT2D eigenvalue weighted by Crippen LogP contribution is 2.37. The number of benzene rings is 1. The molecule has 20 heavy (non-hydrogen) atoms. The van der Waals surface area contributed by atoms with Crippen LogP contribution in [0.25, 0.3) is 0 Å². The third-order valence-electron chi connectivity index (χ3n) is 5.18. The van der Waals surface area contributed by atoms with Gasteiger partial charge < -0.3 is 10.5 Å². The van der Waals surface area contributed by atoms with Crippen molar-refractivity contribution in [1.82, 2.24) is 4.90 Å². The molecular weight excluding hydrogens is 248 g/mol. The highest BCUT2D eigenvalue weighted by Gasteiger charge is 2.40. The van der Waals surface area contributed by atoms with E-state index < -0.39 is 0 Å². The lowest BCUT2D eigenvalue weighted by Gasteiger charge is -2.20. The molecule has 1 aromatic rings. The normalized spacial score (nSPS) is 29.6. The van der Waals surface area contributed by atoms with Gasteiger partial charge >= 0.3 is 0 Å². The molecule has 2 fully saturated rings. The maximum absolute atomic E-state index is 6.23. The van der Waals surface area contributed by atoms with E-state index in [9.17, 15) is 0 Å². The Labute approximate surface area is 122 Å². The topological polar surface area (TPSA) is 38.5 Å². The van der Waals surface area contributed by atoms with Gasteiger partial charge in [-0.15, -0.1) is 0 Å². The van der Waals surface area contributed by atoms with Crippen molar-refractivity contribution in [3.63, 3.8) is 0 Å². The molecule has 1 saturated carbocycles. The maximum Gasteiger partial charge on any atom is 0.119 e. The molecule has 110 valence electrons. The van der Waals surface area contributed by atoms with E-state index in [0.29, 0.717) is 6.04 Å². The Kier molecular flexibility index (Phi) is 3.99. The molecule has 3 atom stereocenters. The number of ether oxygens (including phenoxy) is 1. The van der Waals surface area contributed by atoms with Crippen LogP contribution >= 0.6 is 0 Å². The van der Waals surface area contributed by atoms with E-state index in [0.717, 1.165) is 30.6 Å². The summed E-state index contributed by atoms with van der Waals surface area (Å²) in [4.78, 5) is 2.59. The van der Waals surface area contributed by atoms with Gasteiger partial charge in [0.2, 0.25) is 0 Å². The first kappa shape index (κ1) is 13.9. The fourth-order valence-corrected chi connectivity index (χ4v) is 3.98. The molecule has 0 aromatic heterocycles. The van der Waals surface area contributed by atoms with Crippen molar-refractivity contribution < 1.29 is 4.74 Å². The molecule has 3 nitrogen and oxygen atoms in total. The number of nitrogens with zero attached hydrogens (tertiary/aromatic N) is 1. The first-order valence-corrected chi connectivity index (χ1v) is 7.85. The largest absolute Gasteiger partial charge is 0.497 e. The van der Waals surface area contributed by atoms with E-state index in [1.165, 1.54) is 37.1 Å². The van der Waals surface area contributed by atoms with Gasteiger partial charge in [0.25, 0.3) is 0 Å². The van der Waals surface area contributed by atoms with Crippen LogP contribution in [0.2, 0.25) is 0 Å². The Morgan fingerprint density at radius 1 is 1.25 bits per heavy atom. The predicted octanol–water partition coefficient (Wildman–Crippen LogP) is 2.43. The summed E-state index contributed by atoms with van der Waals surface area (Å²) in [7, 11) is 1.73. The lowest BCUT2D eigenvalue weighted by molar-refractivity contribution is 0.297. The fourth-order valence-electron chi connectivity index (χ4n) is 3.98. The van der Waals surface area contributed by atoms with Crippen LogP contribution in [-0.2, 0) is 13.0 Å². The molecular formula is C17H26N2O. The lowest BCUT2D eigenvalue weighted by atomic mass is 9.98. The summed E-state index contributed by atoms with van der Waals surface area (Å²) in [6.45, 7) is 5.69. The zero-order valence-electron chi connectivity index (χ0n) is 12.6. The fraction of sp³-hybridized carbons (Fsp3) is 0.647. The molecule has 3 unspecified atom stereocenters. The Balaban J connectivity index is 1.69. The summed E-state index contributed by atoms with van der Waals surface area (Å²) in [6.07, 6.45) is 3.62. The van der Waals surface area contributed by atoms with E-state index in [1.54, 1.807) is 7.11 Å². The molecule has 0 radical (unpaired) electrons. The van der Waals surface area contributed by atoms with Crippen LogP contribution in [0.4, 0.5) is 0 Å². The standard InChI is InChI=1S/C17H26N2O/c1-3-12-8-15(20-2)6-4-13(12)9-19-10-14-5-7-17(18)16(14)11-19/h4,6,8,14,16-17H,3,5,7,9-11,18H2,1-2H3. The van der Waals surface area contributed by atoms with Crippen molar-refractivity contribution in [2.75, 3.05) is 20.2 Å². The van der Waals surface area contributed by atoms with Crippen LogP contribution in [0.1, 0.15) is 30.9 Å². The number of hydrogen-bond acceptors (Lipinski definition) is 3. The Morgan fingerprint density at radius 3 is 2.80 bits per heavy atom. The van der Waals surface area contributed by atoms with Gasteiger partial charge in [-0.1, -0.05) is 13.0 Å². The van der Waals surface area contributed by atoms with E-state index >= 15 is 0 Å². The van der Waals surface area contributed by atoms with E-state index in [2.05, 4.69) is 30.0 Å². The van der Waals surface area contributed by atoms with E-state index in [1.807, 2.05) is 0 Å². The minimum atomic E-state index is 0.437. The molecule has 0 bridgehead atoms. The second-order valence-corrected chi connectivity index (χ2v) is 6.35. The molecule has 2 aliphatic rings.